The number of hydrogen-bond acceptors (Lipinski definition) is 4. The molecule has 0 spiro atoms. The van der Waals surface area contributed by atoms with E-state index in [4.69, 9.17) is 9.62 Å². The predicted molar refractivity (Wildman–Crippen MR) is 55.3 cm³/mol. The van der Waals surface area contributed by atoms with Crippen molar-refractivity contribution in [3.63, 3.8) is 0 Å². The fourth-order valence-corrected chi connectivity index (χ4v) is 1.94. The highest BCUT2D eigenvalue weighted by atomic mass is 28.3. The molecule has 0 aromatic rings. The van der Waals surface area contributed by atoms with Crippen LogP contribution in [0, 0.1) is 0 Å². The van der Waals surface area contributed by atoms with E-state index in [0.717, 1.165) is 12.1 Å². The molecule has 0 saturated heterocycles. The average molecular weight is 217 g/mol. The summed E-state index contributed by atoms with van der Waals surface area (Å²) in [6.45, 7) is 6.57. The largest absolute Gasteiger partial charge is 0.463 e. The summed E-state index contributed by atoms with van der Waals surface area (Å²) in [6.07, 6.45) is 1.18. The zero-order valence-electron chi connectivity index (χ0n) is 8.75. The van der Waals surface area contributed by atoms with Gasteiger partial charge in [-0.15, -0.1) is 0 Å². The standard InChI is InChI=1S/C9H17O4Si/c1-4-9(10)12-5-7-14(3)8-6-13-11-2/h4H,1,5-8H2,2-3H3. The molecule has 1 radical (unpaired) electrons. The Morgan fingerprint density at radius 3 is 2.64 bits per heavy atom. The smallest absolute Gasteiger partial charge is 0.330 e. The van der Waals surface area contributed by atoms with Gasteiger partial charge in [0.15, 0.2) is 0 Å². The van der Waals surface area contributed by atoms with Crippen LogP contribution in [-0.2, 0) is 19.3 Å². The van der Waals surface area contributed by atoms with Crippen LogP contribution in [0.15, 0.2) is 12.7 Å². The fraction of sp³-hybridized carbons (Fsp3) is 0.667. The lowest BCUT2D eigenvalue weighted by molar-refractivity contribution is -0.268. The molecular weight excluding hydrogens is 200 g/mol. The van der Waals surface area contributed by atoms with Gasteiger partial charge in [-0.2, -0.15) is 0 Å². The van der Waals surface area contributed by atoms with Gasteiger partial charge in [0.25, 0.3) is 0 Å². The number of carbonyl (C=O) groups is 1. The molecule has 4 nitrogen and oxygen atoms in total. The maximum absolute atomic E-state index is 10.7. The third-order valence-corrected chi connectivity index (χ3v) is 3.79. The molecule has 0 aromatic carbocycles. The fourth-order valence-electron chi connectivity index (χ4n) is 0.809. The van der Waals surface area contributed by atoms with Gasteiger partial charge in [-0.05, 0) is 12.1 Å². The van der Waals surface area contributed by atoms with Crippen molar-refractivity contribution in [2.45, 2.75) is 18.6 Å². The van der Waals surface area contributed by atoms with Crippen LogP contribution in [0.25, 0.3) is 0 Å². The highest BCUT2D eigenvalue weighted by molar-refractivity contribution is 6.57. The first-order valence-corrected chi connectivity index (χ1v) is 6.88. The van der Waals surface area contributed by atoms with Gasteiger partial charge in [-0.1, -0.05) is 13.1 Å². The Kier molecular flexibility index (Phi) is 8.51. The Balaban J connectivity index is 3.30. The molecule has 0 bridgehead atoms. The van der Waals surface area contributed by atoms with E-state index in [-0.39, 0.29) is 5.97 Å². The van der Waals surface area contributed by atoms with E-state index in [2.05, 4.69) is 18.0 Å². The average Bonchev–Trinajstić information content (AvgIpc) is 2.18. The number of esters is 1. The molecule has 5 heteroatoms. The van der Waals surface area contributed by atoms with Crippen molar-refractivity contribution in [3.05, 3.63) is 12.7 Å². The molecule has 0 amide bonds. The summed E-state index contributed by atoms with van der Waals surface area (Å²) in [5, 5.41) is 0. The van der Waals surface area contributed by atoms with Gasteiger partial charge in [0, 0.05) is 6.08 Å². The minimum atomic E-state index is -0.482. The summed E-state index contributed by atoms with van der Waals surface area (Å²) >= 11 is 0. The first kappa shape index (κ1) is 13.3. The lowest BCUT2D eigenvalue weighted by Gasteiger charge is -2.08. The molecule has 0 aliphatic carbocycles. The van der Waals surface area contributed by atoms with Gasteiger partial charge in [0.1, 0.15) is 0 Å². The Labute approximate surface area is 86.4 Å². The summed E-state index contributed by atoms with van der Waals surface area (Å²) in [7, 11) is 1.01. The van der Waals surface area contributed by atoms with E-state index < -0.39 is 8.80 Å². The first-order valence-electron chi connectivity index (χ1n) is 4.46. The van der Waals surface area contributed by atoms with Crippen molar-refractivity contribution in [2.24, 2.45) is 0 Å². The van der Waals surface area contributed by atoms with Crippen molar-refractivity contribution in [1.29, 1.82) is 0 Å². The highest BCUT2D eigenvalue weighted by Crippen LogP contribution is 2.00. The van der Waals surface area contributed by atoms with E-state index in [1.165, 1.54) is 13.2 Å². The highest BCUT2D eigenvalue weighted by Gasteiger charge is 2.05. The van der Waals surface area contributed by atoms with Crippen LogP contribution >= 0.6 is 0 Å². The molecule has 0 aliphatic heterocycles. The van der Waals surface area contributed by atoms with Crippen LogP contribution in [-0.4, -0.2) is 35.1 Å². The predicted octanol–water partition coefficient (Wildman–Crippen LogP) is 1.42. The topological polar surface area (TPSA) is 44.8 Å². The minimum Gasteiger partial charge on any atom is -0.463 e. The molecule has 0 aliphatic rings. The molecule has 0 rings (SSSR count). The van der Waals surface area contributed by atoms with Crippen molar-refractivity contribution >= 4 is 14.8 Å². The van der Waals surface area contributed by atoms with Crippen molar-refractivity contribution in [1.82, 2.24) is 0 Å². The summed E-state index contributed by atoms with van der Waals surface area (Å²) < 4.78 is 4.86. The first-order chi connectivity index (χ1) is 6.70. The zero-order chi connectivity index (χ0) is 10.8. The minimum absolute atomic E-state index is 0.354. The Bertz CT molecular complexity index is 172. The number of hydrogen-bond donors (Lipinski definition) is 0. The van der Waals surface area contributed by atoms with Crippen LogP contribution in [0.5, 0.6) is 0 Å². The van der Waals surface area contributed by atoms with Gasteiger partial charge in [-0.25, -0.2) is 14.6 Å². The number of rotatable bonds is 8. The SMILES string of the molecule is C=CC(=O)OCC[Si](C)CCOOC. The Hall–Kier alpha value is -0.653. The van der Waals surface area contributed by atoms with Crippen LogP contribution in [0.2, 0.25) is 18.6 Å². The van der Waals surface area contributed by atoms with Crippen LogP contribution < -0.4 is 0 Å². The van der Waals surface area contributed by atoms with Gasteiger partial charge in [0.05, 0.1) is 29.1 Å². The summed E-state index contributed by atoms with van der Waals surface area (Å²) in [5.41, 5.74) is 0. The van der Waals surface area contributed by atoms with E-state index >= 15 is 0 Å². The third kappa shape index (κ3) is 7.97. The van der Waals surface area contributed by atoms with Crippen molar-refractivity contribution in [2.75, 3.05) is 20.3 Å². The number of carbonyl (C=O) groups excluding carboxylic acids is 1. The second kappa shape index (κ2) is 8.92. The Morgan fingerprint density at radius 1 is 1.43 bits per heavy atom. The van der Waals surface area contributed by atoms with Crippen LogP contribution in [0.1, 0.15) is 0 Å². The summed E-state index contributed by atoms with van der Waals surface area (Å²) in [6, 6.07) is 1.92. The maximum Gasteiger partial charge on any atom is 0.330 e. The lowest BCUT2D eigenvalue weighted by atomic mass is 10.6. The monoisotopic (exact) mass is 217 g/mol. The quantitative estimate of drug-likeness (QED) is 0.154. The van der Waals surface area contributed by atoms with E-state index in [1.54, 1.807) is 0 Å². The normalized spacial score (nSPS) is 10.2. The molecule has 0 saturated carbocycles. The molecule has 0 atom stereocenters. The van der Waals surface area contributed by atoms with Gasteiger partial charge >= 0.3 is 5.97 Å². The molecular formula is C9H17O4Si. The number of ether oxygens (including phenoxy) is 1. The van der Waals surface area contributed by atoms with Crippen LogP contribution in [0.3, 0.4) is 0 Å². The van der Waals surface area contributed by atoms with Gasteiger partial charge in [-0.3, -0.25) is 0 Å². The van der Waals surface area contributed by atoms with Gasteiger partial charge in [0.2, 0.25) is 0 Å². The van der Waals surface area contributed by atoms with E-state index in [0.29, 0.717) is 13.2 Å². The molecule has 14 heavy (non-hydrogen) atoms. The maximum atomic E-state index is 10.7. The second-order valence-corrected chi connectivity index (χ2v) is 5.73. The van der Waals surface area contributed by atoms with Crippen molar-refractivity contribution in [3.8, 4) is 0 Å². The molecule has 81 valence electrons. The molecule has 0 fully saturated rings. The summed E-state index contributed by atoms with van der Waals surface area (Å²) in [5.74, 6) is -0.354. The molecule has 0 aromatic heterocycles. The second-order valence-electron chi connectivity index (χ2n) is 2.82. The van der Waals surface area contributed by atoms with Crippen LogP contribution in [0.4, 0.5) is 0 Å². The Morgan fingerprint density at radius 2 is 2.07 bits per heavy atom. The zero-order valence-corrected chi connectivity index (χ0v) is 9.75. The molecule has 0 N–H and O–H groups in total. The lowest BCUT2D eigenvalue weighted by Crippen LogP contribution is -2.14. The third-order valence-electron chi connectivity index (χ3n) is 1.67. The van der Waals surface area contributed by atoms with Gasteiger partial charge < -0.3 is 4.74 Å². The van der Waals surface area contributed by atoms with E-state index in [9.17, 15) is 4.79 Å². The summed E-state index contributed by atoms with van der Waals surface area (Å²) in [4.78, 5) is 19.9. The van der Waals surface area contributed by atoms with E-state index in [1.807, 2.05) is 0 Å². The molecule has 0 heterocycles. The molecule has 0 unspecified atom stereocenters. The van der Waals surface area contributed by atoms with Crippen molar-refractivity contribution < 1.29 is 19.3 Å².